The van der Waals surface area contributed by atoms with Gasteiger partial charge in [0.2, 0.25) is 5.91 Å². The van der Waals surface area contributed by atoms with Crippen LogP contribution in [-0.4, -0.2) is 28.3 Å². The van der Waals surface area contributed by atoms with Crippen molar-refractivity contribution in [1.82, 2.24) is 9.78 Å². The summed E-state index contributed by atoms with van der Waals surface area (Å²) < 4.78 is 1.66. The molecule has 1 aliphatic heterocycles. The van der Waals surface area contributed by atoms with Gasteiger partial charge in [-0.15, -0.1) is 0 Å². The van der Waals surface area contributed by atoms with Gasteiger partial charge in [0.1, 0.15) is 6.04 Å². The van der Waals surface area contributed by atoms with Gasteiger partial charge in [-0.05, 0) is 0 Å². The van der Waals surface area contributed by atoms with Crippen molar-refractivity contribution in [2.75, 3.05) is 11.4 Å². The average Bonchev–Trinajstić information content (AvgIpc) is 2.46. The minimum Gasteiger partial charge on any atom is -0.318 e. The van der Waals surface area contributed by atoms with E-state index in [9.17, 15) is 4.79 Å². The third kappa shape index (κ3) is 0.902. The first-order valence-corrected chi connectivity index (χ1v) is 3.74. The molecule has 1 aromatic rings. The maximum atomic E-state index is 11.1. The van der Waals surface area contributed by atoms with Gasteiger partial charge < -0.3 is 10.6 Å². The molecule has 2 N–H and O–H groups in total. The molecule has 1 fully saturated rings. The summed E-state index contributed by atoms with van der Waals surface area (Å²) in [6.07, 6.45) is 3.45. The number of anilines is 1. The van der Waals surface area contributed by atoms with Gasteiger partial charge in [0.15, 0.2) is 0 Å². The maximum Gasteiger partial charge on any atom is 0.245 e. The van der Waals surface area contributed by atoms with Crippen LogP contribution < -0.4 is 10.6 Å². The quantitative estimate of drug-likeness (QED) is 0.549. The number of aryl methyl sites for hydroxylation is 1. The molecular weight excluding hydrogens is 156 g/mol. The highest BCUT2D eigenvalue weighted by atomic mass is 16.2. The van der Waals surface area contributed by atoms with Crippen LogP contribution in [0.3, 0.4) is 0 Å². The fourth-order valence-electron chi connectivity index (χ4n) is 1.23. The van der Waals surface area contributed by atoms with Gasteiger partial charge in [0.05, 0.1) is 18.4 Å². The van der Waals surface area contributed by atoms with E-state index in [-0.39, 0.29) is 11.9 Å². The van der Waals surface area contributed by atoms with Gasteiger partial charge >= 0.3 is 0 Å². The van der Waals surface area contributed by atoms with Crippen LogP contribution in [0.1, 0.15) is 0 Å². The smallest absolute Gasteiger partial charge is 0.245 e. The third-order valence-corrected chi connectivity index (χ3v) is 1.97. The number of amides is 1. The second-order valence-electron chi connectivity index (χ2n) is 2.93. The zero-order valence-corrected chi connectivity index (χ0v) is 6.77. The Hall–Kier alpha value is -1.36. The monoisotopic (exact) mass is 166 g/mol. The number of aromatic nitrogens is 2. The summed E-state index contributed by atoms with van der Waals surface area (Å²) in [7, 11) is 1.81. The topological polar surface area (TPSA) is 64.2 Å². The van der Waals surface area contributed by atoms with E-state index in [1.165, 1.54) is 0 Å². The molecule has 0 saturated carbocycles. The summed E-state index contributed by atoms with van der Waals surface area (Å²) in [5.74, 6) is -0.0250. The van der Waals surface area contributed by atoms with Crippen molar-refractivity contribution in [1.29, 1.82) is 0 Å². The zero-order valence-electron chi connectivity index (χ0n) is 6.77. The lowest BCUT2D eigenvalue weighted by Gasteiger charge is -2.34. The lowest BCUT2D eigenvalue weighted by atomic mass is 10.1. The molecular formula is C7H10N4O. The van der Waals surface area contributed by atoms with E-state index >= 15 is 0 Å². The first kappa shape index (κ1) is 7.30. The molecule has 2 rings (SSSR count). The molecule has 5 nitrogen and oxygen atoms in total. The Bertz CT molecular complexity index is 319. The molecule has 1 aromatic heterocycles. The minimum atomic E-state index is -0.315. The summed E-state index contributed by atoms with van der Waals surface area (Å²) in [5, 5.41) is 3.96. The van der Waals surface area contributed by atoms with Gasteiger partial charge in [-0.3, -0.25) is 9.48 Å². The van der Waals surface area contributed by atoms with Crippen molar-refractivity contribution in [2.24, 2.45) is 12.8 Å². The molecule has 2 heterocycles. The highest BCUT2D eigenvalue weighted by Crippen LogP contribution is 2.19. The highest BCUT2D eigenvalue weighted by Gasteiger charge is 2.34. The van der Waals surface area contributed by atoms with E-state index in [1.807, 2.05) is 7.05 Å². The predicted molar refractivity (Wildman–Crippen MR) is 43.5 cm³/mol. The maximum absolute atomic E-state index is 11.1. The molecule has 0 aromatic carbocycles. The van der Waals surface area contributed by atoms with E-state index in [0.717, 1.165) is 5.69 Å². The van der Waals surface area contributed by atoms with Crippen LogP contribution >= 0.6 is 0 Å². The minimum absolute atomic E-state index is 0.0250. The molecule has 1 saturated heterocycles. The number of nitrogens with zero attached hydrogens (tertiary/aromatic N) is 3. The van der Waals surface area contributed by atoms with E-state index in [4.69, 9.17) is 5.73 Å². The Morgan fingerprint density at radius 3 is 2.92 bits per heavy atom. The molecule has 1 atom stereocenters. The largest absolute Gasteiger partial charge is 0.318 e. The number of carbonyl (C=O) groups excluding carboxylic acids is 1. The van der Waals surface area contributed by atoms with Gasteiger partial charge in [-0.2, -0.15) is 5.10 Å². The Morgan fingerprint density at radius 1 is 1.75 bits per heavy atom. The Balaban J connectivity index is 2.18. The predicted octanol–water partition coefficient (Wildman–Crippen LogP) is -0.906. The number of hydrogen-bond donors (Lipinski definition) is 1. The number of β-lactam (4-membered cyclic amide) rings is 1. The average molecular weight is 166 g/mol. The molecule has 0 spiro atoms. The number of hydrogen-bond acceptors (Lipinski definition) is 3. The van der Waals surface area contributed by atoms with Crippen LogP contribution in [0, 0.1) is 0 Å². The van der Waals surface area contributed by atoms with Crippen LogP contribution in [0.25, 0.3) is 0 Å². The Labute approximate surface area is 69.8 Å². The molecule has 64 valence electrons. The Morgan fingerprint density at radius 2 is 2.50 bits per heavy atom. The SMILES string of the molecule is Cn1cc(N2CC(N)C2=O)cn1. The number of carbonyl (C=O) groups is 1. The molecule has 0 aliphatic carbocycles. The fourth-order valence-corrected chi connectivity index (χ4v) is 1.23. The summed E-state index contributed by atoms with van der Waals surface area (Å²) in [5.41, 5.74) is 6.26. The molecule has 1 unspecified atom stereocenters. The van der Waals surface area contributed by atoms with Gasteiger partial charge in [-0.1, -0.05) is 0 Å². The summed E-state index contributed by atoms with van der Waals surface area (Å²) in [6, 6.07) is -0.315. The van der Waals surface area contributed by atoms with E-state index in [0.29, 0.717) is 6.54 Å². The van der Waals surface area contributed by atoms with Crippen LogP contribution in [-0.2, 0) is 11.8 Å². The van der Waals surface area contributed by atoms with Crippen molar-refractivity contribution < 1.29 is 4.79 Å². The van der Waals surface area contributed by atoms with Crippen LogP contribution in [0.4, 0.5) is 5.69 Å². The highest BCUT2D eigenvalue weighted by molar-refractivity contribution is 6.03. The molecule has 1 aliphatic rings. The van der Waals surface area contributed by atoms with E-state index in [1.54, 1.807) is 22.0 Å². The lowest BCUT2D eigenvalue weighted by Crippen LogP contribution is -2.61. The first-order valence-electron chi connectivity index (χ1n) is 3.74. The van der Waals surface area contributed by atoms with E-state index in [2.05, 4.69) is 5.10 Å². The molecule has 0 bridgehead atoms. The summed E-state index contributed by atoms with van der Waals surface area (Å²) in [4.78, 5) is 12.8. The van der Waals surface area contributed by atoms with Crippen molar-refractivity contribution in [2.45, 2.75) is 6.04 Å². The number of rotatable bonds is 1. The number of nitrogens with two attached hydrogens (primary N) is 1. The van der Waals surface area contributed by atoms with Gasteiger partial charge in [0, 0.05) is 13.2 Å². The molecule has 5 heteroatoms. The fraction of sp³-hybridized carbons (Fsp3) is 0.429. The van der Waals surface area contributed by atoms with Crippen LogP contribution in [0.5, 0.6) is 0 Å². The van der Waals surface area contributed by atoms with Crippen LogP contribution in [0.2, 0.25) is 0 Å². The third-order valence-electron chi connectivity index (χ3n) is 1.97. The normalized spacial score (nSPS) is 22.7. The Kier molecular flexibility index (Phi) is 1.41. The van der Waals surface area contributed by atoms with Gasteiger partial charge in [0.25, 0.3) is 0 Å². The second kappa shape index (κ2) is 2.31. The standard InChI is InChI=1S/C7H10N4O/c1-10-3-5(2-9-10)11-4-6(8)7(11)12/h2-3,6H,4,8H2,1H3. The molecule has 12 heavy (non-hydrogen) atoms. The molecule has 1 amide bonds. The summed E-state index contributed by atoms with van der Waals surface area (Å²) in [6.45, 7) is 0.602. The lowest BCUT2D eigenvalue weighted by molar-refractivity contribution is -0.123. The van der Waals surface area contributed by atoms with Crippen LogP contribution in [0.15, 0.2) is 12.4 Å². The first-order chi connectivity index (χ1) is 5.68. The van der Waals surface area contributed by atoms with Crippen molar-refractivity contribution >= 4 is 11.6 Å². The van der Waals surface area contributed by atoms with Crippen molar-refractivity contribution in [3.63, 3.8) is 0 Å². The van der Waals surface area contributed by atoms with Crippen molar-refractivity contribution in [3.8, 4) is 0 Å². The van der Waals surface area contributed by atoms with Gasteiger partial charge in [-0.25, -0.2) is 0 Å². The zero-order chi connectivity index (χ0) is 8.72. The second-order valence-corrected chi connectivity index (χ2v) is 2.93. The van der Waals surface area contributed by atoms with E-state index < -0.39 is 0 Å². The summed E-state index contributed by atoms with van der Waals surface area (Å²) >= 11 is 0. The molecule has 0 radical (unpaired) electrons. The van der Waals surface area contributed by atoms with Crippen molar-refractivity contribution in [3.05, 3.63) is 12.4 Å².